The van der Waals surface area contributed by atoms with Crippen LogP contribution in [0.25, 0.3) is 0 Å². The molecule has 3 heteroatoms. The summed E-state index contributed by atoms with van der Waals surface area (Å²) >= 11 is 1.43. The third-order valence-corrected chi connectivity index (χ3v) is 5.62. The van der Waals surface area contributed by atoms with Crippen molar-refractivity contribution >= 4 is 17.0 Å². The van der Waals surface area contributed by atoms with Gasteiger partial charge in [0.05, 0.1) is 0 Å². The fourth-order valence-corrected chi connectivity index (χ4v) is 4.00. The van der Waals surface area contributed by atoms with Crippen molar-refractivity contribution < 1.29 is 4.79 Å². The van der Waals surface area contributed by atoms with Gasteiger partial charge < -0.3 is 5.32 Å². The Bertz CT molecular complexity index is 663. The van der Waals surface area contributed by atoms with E-state index in [2.05, 4.69) is 60.8 Å². The maximum absolute atomic E-state index is 11.2. The van der Waals surface area contributed by atoms with E-state index in [1.54, 1.807) is 0 Å². The summed E-state index contributed by atoms with van der Waals surface area (Å²) in [6.07, 6.45) is 5.51. The highest BCUT2D eigenvalue weighted by Gasteiger charge is 2.22. The van der Waals surface area contributed by atoms with Gasteiger partial charge in [-0.25, -0.2) is 0 Å². The Morgan fingerprint density at radius 2 is 1.46 bits per heavy atom. The largest absolute Gasteiger partial charge is 0.346 e. The number of amides is 1. The van der Waals surface area contributed by atoms with Crippen LogP contribution < -0.4 is 5.32 Å². The number of benzene rings is 2. The molecule has 1 amide bonds. The lowest BCUT2D eigenvalue weighted by atomic mass is 10.0. The molecule has 2 nitrogen and oxygen atoms in total. The van der Waals surface area contributed by atoms with Crippen molar-refractivity contribution in [1.29, 1.82) is 0 Å². The number of carbonyl (C=O) groups excluding carboxylic acids is 1. The molecular weight excluding hydrogens is 314 g/mol. The van der Waals surface area contributed by atoms with Gasteiger partial charge >= 0.3 is 0 Å². The van der Waals surface area contributed by atoms with E-state index in [1.807, 2.05) is 0 Å². The quantitative estimate of drug-likeness (QED) is 0.785. The molecule has 126 valence electrons. The highest BCUT2D eigenvalue weighted by molar-refractivity contribution is 8.14. The van der Waals surface area contributed by atoms with Gasteiger partial charge in [-0.15, -0.1) is 0 Å². The highest BCUT2D eigenvalue weighted by atomic mass is 32.2. The summed E-state index contributed by atoms with van der Waals surface area (Å²) in [5.41, 5.74) is 5.56. The lowest BCUT2D eigenvalue weighted by molar-refractivity contribution is 0.262. The first kappa shape index (κ1) is 17.1. The van der Waals surface area contributed by atoms with E-state index >= 15 is 0 Å². The molecule has 1 aliphatic rings. The number of hydrogen-bond acceptors (Lipinski definition) is 2. The van der Waals surface area contributed by atoms with Gasteiger partial charge in [-0.2, -0.15) is 0 Å². The van der Waals surface area contributed by atoms with Crippen LogP contribution in [0.15, 0.2) is 48.5 Å². The predicted octanol–water partition coefficient (Wildman–Crippen LogP) is 4.79. The second-order valence-corrected chi connectivity index (χ2v) is 7.73. The maximum Gasteiger partial charge on any atom is 0.279 e. The van der Waals surface area contributed by atoms with Crippen LogP contribution in [0.3, 0.4) is 0 Å². The molecule has 0 unspecified atom stereocenters. The fourth-order valence-electron chi connectivity index (χ4n) is 3.09. The van der Waals surface area contributed by atoms with Crippen LogP contribution in [0.1, 0.15) is 35.6 Å². The number of carbonyl (C=O) groups is 1. The molecule has 0 aliphatic carbocycles. The van der Waals surface area contributed by atoms with Gasteiger partial charge in [0, 0.05) is 11.8 Å². The molecule has 0 bridgehead atoms. The van der Waals surface area contributed by atoms with E-state index in [0.717, 1.165) is 32.2 Å². The number of hydrogen-bond donors (Lipinski definition) is 1. The van der Waals surface area contributed by atoms with Crippen LogP contribution >= 0.6 is 11.8 Å². The number of thioether (sulfide) groups is 1. The minimum absolute atomic E-state index is 0.114. The van der Waals surface area contributed by atoms with Gasteiger partial charge in [-0.1, -0.05) is 67.2 Å². The third-order valence-electron chi connectivity index (χ3n) is 4.60. The van der Waals surface area contributed by atoms with Gasteiger partial charge in [-0.3, -0.25) is 4.79 Å². The van der Waals surface area contributed by atoms with Crippen LogP contribution in [0.4, 0.5) is 4.79 Å². The second-order valence-electron chi connectivity index (χ2n) is 6.45. The standard InChI is InChI=1S/C21H25NOS/c1-2-16-6-8-17(9-7-16)4-3-5-18-10-12-19(13-11-18)14-20-15-22-21(23)24-20/h6-13,20H,2-5,14-15H2,1H3,(H,22,23)/t20-/m1/s1. The van der Waals surface area contributed by atoms with Crippen LogP contribution in [-0.4, -0.2) is 17.0 Å². The van der Waals surface area contributed by atoms with E-state index in [1.165, 1.54) is 40.4 Å². The minimum atomic E-state index is 0.114. The highest BCUT2D eigenvalue weighted by Crippen LogP contribution is 2.22. The van der Waals surface area contributed by atoms with Gasteiger partial charge in [-0.05, 0) is 54.4 Å². The first-order valence-corrected chi connectivity index (χ1v) is 9.71. The lowest BCUT2D eigenvalue weighted by Crippen LogP contribution is -2.16. The van der Waals surface area contributed by atoms with Gasteiger partial charge in [0.25, 0.3) is 5.24 Å². The Hall–Kier alpha value is -1.74. The van der Waals surface area contributed by atoms with E-state index in [9.17, 15) is 4.79 Å². The zero-order valence-corrected chi connectivity index (χ0v) is 15.1. The van der Waals surface area contributed by atoms with Crippen molar-refractivity contribution in [2.45, 2.75) is 44.3 Å². The first-order chi connectivity index (χ1) is 11.7. The van der Waals surface area contributed by atoms with Crippen molar-refractivity contribution in [3.8, 4) is 0 Å². The molecule has 0 saturated carbocycles. The molecule has 1 saturated heterocycles. The number of rotatable bonds is 7. The molecule has 2 aromatic rings. The molecule has 0 radical (unpaired) electrons. The summed E-state index contributed by atoms with van der Waals surface area (Å²) in [4.78, 5) is 11.2. The van der Waals surface area contributed by atoms with Crippen molar-refractivity contribution in [1.82, 2.24) is 5.32 Å². The Morgan fingerprint density at radius 1 is 0.917 bits per heavy atom. The molecule has 24 heavy (non-hydrogen) atoms. The molecule has 2 aromatic carbocycles. The summed E-state index contributed by atoms with van der Waals surface area (Å²) in [5, 5.41) is 3.37. The molecular formula is C21H25NOS. The zero-order chi connectivity index (χ0) is 16.8. The summed E-state index contributed by atoms with van der Waals surface area (Å²) in [7, 11) is 0. The molecule has 0 spiro atoms. The summed E-state index contributed by atoms with van der Waals surface area (Å²) in [6.45, 7) is 2.99. The molecule has 1 N–H and O–H groups in total. The van der Waals surface area contributed by atoms with E-state index < -0.39 is 0 Å². The predicted molar refractivity (Wildman–Crippen MR) is 103 cm³/mol. The Labute approximate surface area is 149 Å². The Morgan fingerprint density at radius 3 is 1.96 bits per heavy atom. The van der Waals surface area contributed by atoms with E-state index in [0.29, 0.717) is 5.25 Å². The van der Waals surface area contributed by atoms with Crippen LogP contribution in [-0.2, 0) is 25.7 Å². The Balaban J connectivity index is 1.44. The summed E-state index contributed by atoms with van der Waals surface area (Å²) < 4.78 is 0. The van der Waals surface area contributed by atoms with Crippen molar-refractivity contribution in [2.75, 3.05) is 6.54 Å². The topological polar surface area (TPSA) is 29.1 Å². The average molecular weight is 340 g/mol. The zero-order valence-electron chi connectivity index (χ0n) is 14.3. The van der Waals surface area contributed by atoms with Crippen molar-refractivity contribution in [2.24, 2.45) is 0 Å². The van der Waals surface area contributed by atoms with E-state index in [-0.39, 0.29) is 5.24 Å². The molecule has 1 heterocycles. The third kappa shape index (κ3) is 4.88. The first-order valence-electron chi connectivity index (χ1n) is 8.83. The van der Waals surface area contributed by atoms with E-state index in [4.69, 9.17) is 0 Å². The summed E-state index contributed by atoms with van der Waals surface area (Å²) in [5.74, 6) is 0. The SMILES string of the molecule is CCc1ccc(CCCc2ccc(C[C@@H]3CNC(=O)S3)cc2)cc1. The van der Waals surface area contributed by atoms with Crippen molar-refractivity contribution in [3.05, 3.63) is 70.8 Å². The number of aryl methyl sites for hydroxylation is 3. The maximum atomic E-state index is 11.2. The van der Waals surface area contributed by atoms with Crippen molar-refractivity contribution in [3.63, 3.8) is 0 Å². The fraction of sp³-hybridized carbons (Fsp3) is 0.381. The van der Waals surface area contributed by atoms with Crippen LogP contribution in [0.2, 0.25) is 0 Å². The lowest BCUT2D eigenvalue weighted by Gasteiger charge is -2.08. The monoisotopic (exact) mass is 339 g/mol. The molecule has 1 atom stereocenters. The van der Waals surface area contributed by atoms with Gasteiger partial charge in [0.15, 0.2) is 0 Å². The molecule has 3 rings (SSSR count). The summed E-state index contributed by atoms with van der Waals surface area (Å²) in [6, 6.07) is 17.9. The average Bonchev–Trinajstić information content (AvgIpc) is 3.02. The molecule has 1 fully saturated rings. The second kappa shape index (κ2) is 8.39. The normalized spacial score (nSPS) is 17.0. The smallest absolute Gasteiger partial charge is 0.279 e. The molecule has 0 aromatic heterocycles. The Kier molecular flexibility index (Phi) is 5.97. The molecule has 1 aliphatic heterocycles. The van der Waals surface area contributed by atoms with Gasteiger partial charge in [0.2, 0.25) is 0 Å². The minimum Gasteiger partial charge on any atom is -0.346 e. The number of nitrogens with one attached hydrogen (secondary N) is 1. The van der Waals surface area contributed by atoms with Crippen LogP contribution in [0.5, 0.6) is 0 Å². The van der Waals surface area contributed by atoms with Crippen LogP contribution in [0, 0.1) is 0 Å². The van der Waals surface area contributed by atoms with Gasteiger partial charge in [0.1, 0.15) is 0 Å².